The number of hydrogen-bond acceptors (Lipinski definition) is 5. The van der Waals surface area contributed by atoms with Crippen molar-refractivity contribution in [1.29, 1.82) is 0 Å². The lowest BCUT2D eigenvalue weighted by Gasteiger charge is -2.40. The molecule has 1 saturated heterocycles. The van der Waals surface area contributed by atoms with Gasteiger partial charge in [-0.25, -0.2) is 4.98 Å². The molecule has 3 aromatic rings. The first-order chi connectivity index (χ1) is 12.6. The molecule has 4 rings (SSSR count). The van der Waals surface area contributed by atoms with Crippen molar-refractivity contribution in [2.75, 3.05) is 18.0 Å². The maximum absolute atomic E-state index is 10.8. The molecule has 0 radical (unpaired) electrons. The van der Waals surface area contributed by atoms with Gasteiger partial charge in [0.2, 0.25) is 0 Å². The first kappa shape index (κ1) is 16.5. The van der Waals surface area contributed by atoms with E-state index in [9.17, 15) is 10.1 Å². The molecule has 6 heteroatoms. The second-order valence-electron chi connectivity index (χ2n) is 6.57. The van der Waals surface area contributed by atoms with Gasteiger partial charge in [0, 0.05) is 19.2 Å². The Kier molecular flexibility index (Phi) is 4.26. The summed E-state index contributed by atoms with van der Waals surface area (Å²) in [5.74, 6) is 0.792. The van der Waals surface area contributed by atoms with Crippen molar-refractivity contribution in [3.63, 3.8) is 0 Å². The van der Waals surface area contributed by atoms with Crippen LogP contribution in [0, 0.1) is 17.0 Å². The SMILES string of the molecule is Cc1cc([N+](=O)[O-])cnc1N1CC(OCc2cccc3ccccc23)C1. The van der Waals surface area contributed by atoms with Crippen LogP contribution in [0.1, 0.15) is 11.1 Å². The molecule has 2 heterocycles. The van der Waals surface area contributed by atoms with Crippen molar-refractivity contribution in [1.82, 2.24) is 4.98 Å². The standard InChI is InChI=1S/C20H19N3O3/c1-14-9-17(23(24)25)10-21-20(14)22-11-18(12-22)26-13-16-7-4-6-15-5-2-3-8-19(15)16/h2-10,18H,11-13H2,1H3. The minimum atomic E-state index is -0.421. The predicted molar refractivity (Wildman–Crippen MR) is 100 cm³/mol. The number of fused-ring (bicyclic) bond motifs is 1. The fraction of sp³-hybridized carbons (Fsp3) is 0.250. The molecule has 0 aliphatic carbocycles. The summed E-state index contributed by atoms with van der Waals surface area (Å²) in [5, 5.41) is 13.3. The molecule has 1 aliphatic heterocycles. The average Bonchev–Trinajstić information content (AvgIpc) is 2.61. The molecular weight excluding hydrogens is 330 g/mol. The van der Waals surface area contributed by atoms with Crippen LogP contribution in [0.5, 0.6) is 0 Å². The van der Waals surface area contributed by atoms with Crippen LogP contribution in [0.25, 0.3) is 10.8 Å². The third-order valence-corrected chi connectivity index (χ3v) is 4.75. The van der Waals surface area contributed by atoms with Crippen LogP contribution < -0.4 is 4.90 Å². The minimum absolute atomic E-state index is 0.0236. The summed E-state index contributed by atoms with van der Waals surface area (Å²) >= 11 is 0. The van der Waals surface area contributed by atoms with Gasteiger partial charge in [0.05, 0.1) is 17.6 Å². The van der Waals surface area contributed by atoms with Crippen LogP contribution in [0.15, 0.2) is 54.7 Å². The summed E-state index contributed by atoms with van der Waals surface area (Å²) in [5.41, 5.74) is 2.02. The number of aryl methyl sites for hydroxylation is 1. The maximum Gasteiger partial charge on any atom is 0.287 e. The first-order valence-corrected chi connectivity index (χ1v) is 8.56. The van der Waals surface area contributed by atoms with E-state index in [2.05, 4.69) is 40.2 Å². The van der Waals surface area contributed by atoms with Crippen molar-refractivity contribution < 1.29 is 9.66 Å². The highest BCUT2D eigenvalue weighted by Gasteiger charge is 2.30. The molecule has 0 unspecified atom stereocenters. The Morgan fingerprint density at radius 3 is 2.77 bits per heavy atom. The molecule has 0 saturated carbocycles. The van der Waals surface area contributed by atoms with Gasteiger partial charge >= 0.3 is 0 Å². The summed E-state index contributed by atoms with van der Waals surface area (Å²) in [7, 11) is 0. The minimum Gasteiger partial charge on any atom is -0.370 e. The molecule has 26 heavy (non-hydrogen) atoms. The van der Waals surface area contributed by atoms with Gasteiger partial charge in [-0.05, 0) is 28.8 Å². The van der Waals surface area contributed by atoms with Crippen molar-refractivity contribution in [3.8, 4) is 0 Å². The molecule has 1 aliphatic rings. The zero-order valence-electron chi connectivity index (χ0n) is 14.5. The summed E-state index contributed by atoms with van der Waals surface area (Å²) in [4.78, 5) is 16.7. The second-order valence-corrected chi connectivity index (χ2v) is 6.57. The van der Waals surface area contributed by atoms with E-state index in [-0.39, 0.29) is 11.8 Å². The van der Waals surface area contributed by atoms with E-state index in [4.69, 9.17) is 4.74 Å². The molecule has 2 aromatic carbocycles. The van der Waals surface area contributed by atoms with Gasteiger partial charge in [-0.2, -0.15) is 0 Å². The van der Waals surface area contributed by atoms with Gasteiger partial charge in [-0.3, -0.25) is 10.1 Å². The Hall–Kier alpha value is -2.99. The number of nitrogens with zero attached hydrogens (tertiary/aromatic N) is 3. The van der Waals surface area contributed by atoms with Crippen LogP contribution >= 0.6 is 0 Å². The quantitative estimate of drug-likeness (QED) is 0.517. The normalized spacial score (nSPS) is 14.4. The number of rotatable bonds is 5. The van der Waals surface area contributed by atoms with Crippen molar-refractivity contribution >= 4 is 22.3 Å². The molecule has 0 bridgehead atoms. The molecule has 6 nitrogen and oxygen atoms in total. The number of hydrogen-bond donors (Lipinski definition) is 0. The lowest BCUT2D eigenvalue weighted by atomic mass is 10.1. The molecule has 0 atom stereocenters. The number of aromatic nitrogens is 1. The fourth-order valence-electron chi connectivity index (χ4n) is 3.33. The van der Waals surface area contributed by atoms with Crippen LogP contribution in [-0.4, -0.2) is 29.1 Å². The van der Waals surface area contributed by atoms with Crippen molar-refractivity contribution in [2.24, 2.45) is 0 Å². The summed E-state index contributed by atoms with van der Waals surface area (Å²) in [6.45, 7) is 3.92. The van der Waals surface area contributed by atoms with Gasteiger partial charge in [0.1, 0.15) is 12.0 Å². The van der Waals surface area contributed by atoms with Crippen LogP contribution in [0.4, 0.5) is 11.5 Å². The van der Waals surface area contributed by atoms with E-state index in [1.54, 1.807) is 6.07 Å². The average molecular weight is 349 g/mol. The third kappa shape index (κ3) is 3.11. The van der Waals surface area contributed by atoms with Crippen LogP contribution in [-0.2, 0) is 11.3 Å². The Labute approximate surface area is 151 Å². The fourth-order valence-corrected chi connectivity index (χ4v) is 3.33. The number of nitro groups is 1. The van der Waals surface area contributed by atoms with Gasteiger partial charge in [-0.15, -0.1) is 0 Å². The lowest BCUT2D eigenvalue weighted by Crippen LogP contribution is -2.52. The highest BCUT2D eigenvalue weighted by Crippen LogP contribution is 2.27. The Morgan fingerprint density at radius 1 is 1.23 bits per heavy atom. The van der Waals surface area contributed by atoms with E-state index in [1.165, 1.54) is 22.5 Å². The van der Waals surface area contributed by atoms with Gasteiger partial charge in [0.25, 0.3) is 5.69 Å². The highest BCUT2D eigenvalue weighted by atomic mass is 16.6. The van der Waals surface area contributed by atoms with E-state index in [1.807, 2.05) is 19.1 Å². The number of pyridine rings is 1. The van der Waals surface area contributed by atoms with E-state index >= 15 is 0 Å². The molecule has 132 valence electrons. The Bertz CT molecular complexity index is 962. The van der Waals surface area contributed by atoms with Crippen LogP contribution in [0.2, 0.25) is 0 Å². The zero-order chi connectivity index (χ0) is 18.1. The van der Waals surface area contributed by atoms with E-state index in [0.717, 1.165) is 24.5 Å². The monoisotopic (exact) mass is 349 g/mol. The summed E-state index contributed by atoms with van der Waals surface area (Å²) in [6.07, 6.45) is 1.46. The third-order valence-electron chi connectivity index (χ3n) is 4.75. The topological polar surface area (TPSA) is 68.5 Å². The summed E-state index contributed by atoms with van der Waals surface area (Å²) < 4.78 is 6.05. The van der Waals surface area contributed by atoms with E-state index < -0.39 is 4.92 Å². The molecule has 0 amide bonds. The smallest absolute Gasteiger partial charge is 0.287 e. The molecule has 1 fully saturated rings. The highest BCUT2D eigenvalue weighted by molar-refractivity contribution is 5.85. The van der Waals surface area contributed by atoms with Crippen LogP contribution in [0.3, 0.4) is 0 Å². The maximum atomic E-state index is 10.8. The van der Waals surface area contributed by atoms with E-state index in [0.29, 0.717) is 6.61 Å². The molecule has 0 N–H and O–H groups in total. The van der Waals surface area contributed by atoms with Gasteiger partial charge in [0.15, 0.2) is 0 Å². The van der Waals surface area contributed by atoms with Crippen molar-refractivity contribution in [3.05, 3.63) is 76.0 Å². The van der Waals surface area contributed by atoms with Crippen molar-refractivity contribution in [2.45, 2.75) is 19.6 Å². The van der Waals surface area contributed by atoms with Gasteiger partial charge in [-0.1, -0.05) is 42.5 Å². The largest absolute Gasteiger partial charge is 0.370 e. The number of anilines is 1. The zero-order valence-corrected chi connectivity index (χ0v) is 14.5. The molecular formula is C20H19N3O3. The second kappa shape index (κ2) is 6.72. The Morgan fingerprint density at radius 2 is 2.00 bits per heavy atom. The molecule has 1 aromatic heterocycles. The number of ether oxygens (including phenoxy) is 1. The lowest BCUT2D eigenvalue weighted by molar-refractivity contribution is -0.385. The molecule has 0 spiro atoms. The number of benzene rings is 2. The first-order valence-electron chi connectivity index (χ1n) is 8.56. The van der Waals surface area contributed by atoms with Gasteiger partial charge < -0.3 is 9.64 Å². The Balaban J connectivity index is 1.38. The predicted octanol–water partition coefficient (Wildman–Crippen LogP) is 3.86. The summed E-state index contributed by atoms with van der Waals surface area (Å²) in [6, 6.07) is 16.1.